The number of nitrogens with one attached hydrogen (secondary N) is 2. The number of nitrogens with zero attached hydrogens (tertiary/aromatic N) is 5. The van der Waals surface area contributed by atoms with Crippen LogP contribution in [0.25, 0.3) is 0 Å². The first kappa shape index (κ1) is 26.9. The first-order valence-corrected chi connectivity index (χ1v) is 12.4. The van der Waals surface area contributed by atoms with Gasteiger partial charge in [-0.2, -0.15) is 13.2 Å². The summed E-state index contributed by atoms with van der Waals surface area (Å²) in [6.45, 7) is 6.30. The van der Waals surface area contributed by atoms with Crippen LogP contribution in [0.15, 0.2) is 24.5 Å². The highest BCUT2D eigenvalue weighted by Gasteiger charge is 2.41. The van der Waals surface area contributed by atoms with Crippen LogP contribution in [-0.4, -0.2) is 83.3 Å². The van der Waals surface area contributed by atoms with E-state index in [0.29, 0.717) is 31.8 Å². The molecule has 2 N–H and O–H groups in total. The molecule has 0 aliphatic carbocycles. The van der Waals surface area contributed by atoms with E-state index in [2.05, 4.69) is 20.3 Å². The maximum absolute atomic E-state index is 13.3. The van der Waals surface area contributed by atoms with Crippen LogP contribution in [-0.2, 0) is 9.47 Å². The van der Waals surface area contributed by atoms with E-state index in [9.17, 15) is 22.8 Å². The number of ether oxygens (including phenoxy) is 3. The molecule has 2 unspecified atom stereocenters. The number of aromatic nitrogens is 3. The number of halogens is 3. The summed E-state index contributed by atoms with van der Waals surface area (Å²) in [7, 11) is 0. The second-order valence-electron chi connectivity index (χ2n) is 9.97. The minimum absolute atomic E-state index is 0.156. The maximum Gasteiger partial charge on any atom is 0.408 e. The van der Waals surface area contributed by atoms with Crippen molar-refractivity contribution in [2.75, 3.05) is 41.4 Å². The first-order valence-electron chi connectivity index (χ1n) is 12.4. The molecule has 5 rings (SSSR count). The van der Waals surface area contributed by atoms with Gasteiger partial charge >= 0.3 is 12.2 Å². The molecule has 0 radical (unpaired) electrons. The molecule has 0 saturated carbocycles. The Morgan fingerprint density at radius 1 is 1.26 bits per heavy atom. The van der Waals surface area contributed by atoms with Gasteiger partial charge in [0.2, 0.25) is 5.88 Å². The molecular weight excluding hydrogens is 523 g/mol. The molecule has 0 aromatic carbocycles. The Morgan fingerprint density at radius 3 is 2.72 bits per heavy atom. The van der Waals surface area contributed by atoms with Crippen LogP contribution in [0.4, 0.5) is 35.3 Å². The number of fused-ring (bicyclic) bond motifs is 4. The molecule has 2 fully saturated rings. The van der Waals surface area contributed by atoms with Crippen molar-refractivity contribution >= 4 is 29.3 Å². The fourth-order valence-corrected chi connectivity index (χ4v) is 4.60. The second-order valence-corrected chi connectivity index (χ2v) is 9.97. The quantitative estimate of drug-likeness (QED) is 0.556. The van der Waals surface area contributed by atoms with Gasteiger partial charge in [-0.25, -0.2) is 19.7 Å². The molecule has 2 saturated heterocycles. The number of carbonyl (C=O) groups is 2. The van der Waals surface area contributed by atoms with Gasteiger partial charge in [0.25, 0.3) is 5.91 Å². The fourth-order valence-electron chi connectivity index (χ4n) is 4.60. The number of anilines is 3. The largest absolute Gasteiger partial charge is 0.474 e. The molecule has 3 aliphatic rings. The van der Waals surface area contributed by atoms with E-state index < -0.39 is 29.9 Å². The summed E-state index contributed by atoms with van der Waals surface area (Å²) in [5.74, 6) is -1.08. The highest BCUT2D eigenvalue weighted by Crippen LogP contribution is 2.39. The Morgan fingerprint density at radius 2 is 2.05 bits per heavy atom. The Kier molecular flexibility index (Phi) is 6.97. The van der Waals surface area contributed by atoms with E-state index in [1.807, 2.05) is 24.1 Å². The Bertz CT molecular complexity index is 1240. The summed E-state index contributed by atoms with van der Waals surface area (Å²) in [6.07, 6.45) is -1.50. The smallest absolute Gasteiger partial charge is 0.408 e. The zero-order valence-electron chi connectivity index (χ0n) is 21.5. The van der Waals surface area contributed by atoms with Crippen LogP contribution >= 0.6 is 0 Å². The summed E-state index contributed by atoms with van der Waals surface area (Å²) in [4.78, 5) is 41.9. The van der Waals surface area contributed by atoms with Crippen molar-refractivity contribution in [1.29, 1.82) is 0 Å². The fraction of sp³-hybridized carbons (Fsp3) is 0.542. The lowest BCUT2D eigenvalue weighted by molar-refractivity contribution is -0.149. The van der Waals surface area contributed by atoms with E-state index in [4.69, 9.17) is 14.2 Å². The third-order valence-corrected chi connectivity index (χ3v) is 6.59. The van der Waals surface area contributed by atoms with Gasteiger partial charge in [-0.3, -0.25) is 15.0 Å². The van der Waals surface area contributed by atoms with Crippen LogP contribution in [0.2, 0.25) is 0 Å². The third kappa shape index (κ3) is 5.83. The number of pyridine rings is 1. The monoisotopic (exact) mass is 551 g/mol. The van der Waals surface area contributed by atoms with Gasteiger partial charge in [0.05, 0.1) is 30.7 Å². The predicted octanol–water partition coefficient (Wildman–Crippen LogP) is 2.71. The number of rotatable bonds is 6. The molecule has 5 heterocycles. The lowest BCUT2D eigenvalue weighted by Crippen LogP contribution is -2.49. The van der Waals surface area contributed by atoms with Crippen LogP contribution in [0, 0.1) is 0 Å². The van der Waals surface area contributed by atoms with Crippen LogP contribution < -0.4 is 25.2 Å². The molecule has 12 nitrogen and oxygen atoms in total. The number of alkyl halides is 3. The zero-order valence-corrected chi connectivity index (χ0v) is 21.5. The molecule has 0 spiro atoms. The number of amides is 3. The molecular formula is C24H28F3N7O5. The number of hydrogen-bond donors (Lipinski definition) is 2. The highest BCUT2D eigenvalue weighted by molar-refractivity contribution is 6.05. The molecule has 2 bridgehead atoms. The second kappa shape index (κ2) is 10.1. The Labute approximate surface area is 221 Å². The van der Waals surface area contributed by atoms with Gasteiger partial charge in [-0.1, -0.05) is 0 Å². The molecule has 15 heteroatoms. The molecule has 3 amide bonds. The van der Waals surface area contributed by atoms with E-state index in [1.54, 1.807) is 6.07 Å². The van der Waals surface area contributed by atoms with E-state index in [1.165, 1.54) is 23.4 Å². The van der Waals surface area contributed by atoms with Gasteiger partial charge in [-0.05, 0) is 39.3 Å². The zero-order chi connectivity index (χ0) is 27.9. The maximum atomic E-state index is 13.3. The normalized spacial score (nSPS) is 22.3. The summed E-state index contributed by atoms with van der Waals surface area (Å²) in [5.41, 5.74) is 0.377. The van der Waals surface area contributed by atoms with Crippen molar-refractivity contribution in [1.82, 2.24) is 20.3 Å². The lowest BCUT2D eigenvalue weighted by Gasteiger charge is -2.35. The lowest BCUT2D eigenvalue weighted by atomic mass is 10.1. The first-order chi connectivity index (χ1) is 18.4. The van der Waals surface area contributed by atoms with Crippen molar-refractivity contribution in [2.24, 2.45) is 0 Å². The van der Waals surface area contributed by atoms with Crippen molar-refractivity contribution in [3.05, 3.63) is 30.2 Å². The molecule has 210 valence electrons. The van der Waals surface area contributed by atoms with Crippen LogP contribution in [0.3, 0.4) is 0 Å². The number of urea groups is 1. The standard InChI is InChI=1S/C24H28F3N7O5/c1-13(24(25,26)27)30-21(35)16-4-5-17-20(31-16)34(14-6-7-33(17)10-14)22(36)32-18-8-29-19(9-28-18)37-11-15-12-38-23(2,3)39-15/h4-5,8-9,13-15H,6-7,10-12H2,1-3H3,(H,30,35)(H,28,32,36)/t13?,14-,15?/m0/s1. The van der Waals surface area contributed by atoms with Crippen LogP contribution in [0.5, 0.6) is 5.88 Å². The topological polar surface area (TPSA) is 131 Å². The Balaban J connectivity index is 1.27. The summed E-state index contributed by atoms with van der Waals surface area (Å²) in [5, 5.41) is 4.57. The van der Waals surface area contributed by atoms with Gasteiger partial charge in [0.1, 0.15) is 24.4 Å². The van der Waals surface area contributed by atoms with Crippen molar-refractivity contribution in [3.8, 4) is 5.88 Å². The van der Waals surface area contributed by atoms with E-state index >= 15 is 0 Å². The molecule has 2 aromatic heterocycles. The average molecular weight is 552 g/mol. The van der Waals surface area contributed by atoms with Crippen molar-refractivity contribution < 1.29 is 37.0 Å². The SMILES string of the molecule is CC(NC(=O)c1ccc2c(n1)N(C(=O)Nc1cnc(OCC3COC(C)(C)O3)cn1)[C@H]1CCN2C1)C(F)(F)F. The average Bonchev–Trinajstić information content (AvgIpc) is 3.45. The van der Waals surface area contributed by atoms with Crippen molar-refractivity contribution in [2.45, 2.75) is 57.3 Å². The number of carbonyl (C=O) groups excluding carboxylic acids is 2. The molecule has 39 heavy (non-hydrogen) atoms. The van der Waals surface area contributed by atoms with Gasteiger partial charge in [0.15, 0.2) is 17.4 Å². The van der Waals surface area contributed by atoms with E-state index in [-0.39, 0.29) is 42.0 Å². The molecule has 3 aliphatic heterocycles. The molecule has 3 atom stereocenters. The van der Waals surface area contributed by atoms with E-state index in [0.717, 1.165) is 6.92 Å². The van der Waals surface area contributed by atoms with Crippen LogP contribution in [0.1, 0.15) is 37.7 Å². The van der Waals surface area contributed by atoms with Gasteiger partial charge < -0.3 is 24.4 Å². The molecule has 2 aromatic rings. The highest BCUT2D eigenvalue weighted by atomic mass is 19.4. The summed E-state index contributed by atoms with van der Waals surface area (Å²) < 4.78 is 55.5. The minimum Gasteiger partial charge on any atom is -0.474 e. The number of hydrogen-bond acceptors (Lipinski definition) is 9. The summed E-state index contributed by atoms with van der Waals surface area (Å²) >= 11 is 0. The van der Waals surface area contributed by atoms with Gasteiger partial charge in [-0.15, -0.1) is 0 Å². The third-order valence-electron chi connectivity index (χ3n) is 6.59. The van der Waals surface area contributed by atoms with Gasteiger partial charge in [0, 0.05) is 13.1 Å². The summed E-state index contributed by atoms with van der Waals surface area (Å²) in [6, 6.07) is 0.0753. The van der Waals surface area contributed by atoms with Crippen molar-refractivity contribution in [3.63, 3.8) is 0 Å². The Hall–Kier alpha value is -3.72. The minimum atomic E-state index is -4.60. The predicted molar refractivity (Wildman–Crippen MR) is 132 cm³/mol.